The lowest BCUT2D eigenvalue weighted by atomic mass is 10.0. The minimum atomic E-state index is -0.223. The highest BCUT2D eigenvalue weighted by Crippen LogP contribution is 2.30. The molecule has 20 heavy (non-hydrogen) atoms. The highest BCUT2D eigenvalue weighted by atomic mass is 19.1. The molecule has 4 nitrogen and oxygen atoms in total. The number of carbonyl (C=O) groups excluding carboxylic acids is 1. The Morgan fingerprint density at radius 1 is 1.55 bits per heavy atom. The van der Waals surface area contributed by atoms with E-state index in [-0.39, 0.29) is 23.8 Å². The fraction of sp³-hybridized carbons (Fsp3) is 0.533. The van der Waals surface area contributed by atoms with Gasteiger partial charge in [0.2, 0.25) is 5.91 Å². The van der Waals surface area contributed by atoms with Crippen LogP contribution in [0.15, 0.2) is 12.1 Å². The number of hydrogen-bond acceptors (Lipinski definition) is 3. The second-order valence-electron chi connectivity index (χ2n) is 5.58. The molecular weight excluding hydrogens is 257 g/mol. The molecule has 0 bridgehead atoms. The van der Waals surface area contributed by atoms with Crippen molar-refractivity contribution in [2.45, 2.75) is 39.3 Å². The van der Waals surface area contributed by atoms with Gasteiger partial charge in [0, 0.05) is 37.8 Å². The van der Waals surface area contributed by atoms with Gasteiger partial charge in [-0.05, 0) is 43.5 Å². The molecule has 5 heteroatoms. The number of nitrogens with one attached hydrogen (secondary N) is 1. The first-order valence-electron chi connectivity index (χ1n) is 6.96. The highest BCUT2D eigenvalue weighted by Gasteiger charge is 2.26. The van der Waals surface area contributed by atoms with Crippen LogP contribution in [0.3, 0.4) is 0 Å². The van der Waals surface area contributed by atoms with E-state index in [4.69, 9.17) is 5.73 Å². The molecule has 1 unspecified atom stereocenters. The van der Waals surface area contributed by atoms with E-state index in [0.29, 0.717) is 5.56 Å². The molecule has 0 aromatic heterocycles. The van der Waals surface area contributed by atoms with E-state index >= 15 is 0 Å². The van der Waals surface area contributed by atoms with Crippen LogP contribution in [0.2, 0.25) is 0 Å². The Labute approximate surface area is 119 Å². The van der Waals surface area contributed by atoms with E-state index in [9.17, 15) is 9.18 Å². The molecule has 2 rings (SSSR count). The summed E-state index contributed by atoms with van der Waals surface area (Å²) in [6, 6.07) is 3.31. The second kappa shape index (κ2) is 5.79. The molecule has 0 saturated carbocycles. The van der Waals surface area contributed by atoms with Gasteiger partial charge in [-0.1, -0.05) is 0 Å². The predicted molar refractivity (Wildman–Crippen MR) is 78.2 cm³/mol. The molecule has 1 aliphatic rings. The smallest absolute Gasteiger partial charge is 0.217 e. The van der Waals surface area contributed by atoms with Gasteiger partial charge in [-0.25, -0.2) is 4.39 Å². The molecular formula is C15H22FN3O. The number of nitrogens with two attached hydrogens (primary N) is 1. The van der Waals surface area contributed by atoms with Crippen molar-refractivity contribution >= 4 is 11.6 Å². The molecule has 1 fully saturated rings. The number of hydrogen-bond donors (Lipinski definition) is 2. The van der Waals surface area contributed by atoms with Gasteiger partial charge in [-0.3, -0.25) is 4.79 Å². The average Bonchev–Trinajstić information content (AvgIpc) is 2.79. The van der Waals surface area contributed by atoms with Crippen molar-refractivity contribution in [3.63, 3.8) is 0 Å². The maximum atomic E-state index is 13.7. The molecule has 1 aromatic carbocycles. The Hall–Kier alpha value is -1.62. The SMILES string of the molecule is CC(=O)NC1CCN(c2cc(C)c(F)cc2[C@@H](C)N)C1. The predicted octanol–water partition coefficient (Wildman–Crippen LogP) is 1.87. The van der Waals surface area contributed by atoms with Crippen LogP contribution < -0.4 is 16.0 Å². The van der Waals surface area contributed by atoms with E-state index < -0.39 is 0 Å². The Morgan fingerprint density at radius 2 is 2.25 bits per heavy atom. The quantitative estimate of drug-likeness (QED) is 0.888. The van der Waals surface area contributed by atoms with Crippen LogP contribution >= 0.6 is 0 Å². The highest BCUT2D eigenvalue weighted by molar-refractivity contribution is 5.73. The first kappa shape index (κ1) is 14.8. The van der Waals surface area contributed by atoms with Crippen molar-refractivity contribution in [1.29, 1.82) is 0 Å². The minimum absolute atomic E-state index is 0.0143. The number of halogens is 1. The zero-order chi connectivity index (χ0) is 14.9. The number of rotatable bonds is 3. The van der Waals surface area contributed by atoms with Crippen LogP contribution in [0.25, 0.3) is 0 Å². The molecule has 0 spiro atoms. The number of nitrogens with zero attached hydrogens (tertiary/aromatic N) is 1. The summed E-state index contributed by atoms with van der Waals surface area (Å²) in [5.41, 5.74) is 8.37. The van der Waals surface area contributed by atoms with Gasteiger partial charge in [0.1, 0.15) is 5.82 Å². The van der Waals surface area contributed by atoms with Crippen molar-refractivity contribution in [2.75, 3.05) is 18.0 Å². The van der Waals surface area contributed by atoms with E-state index in [1.165, 1.54) is 13.0 Å². The lowest BCUT2D eigenvalue weighted by molar-refractivity contribution is -0.119. The topological polar surface area (TPSA) is 58.4 Å². The van der Waals surface area contributed by atoms with Crippen LogP contribution in [-0.4, -0.2) is 25.0 Å². The second-order valence-corrected chi connectivity index (χ2v) is 5.58. The molecule has 1 aliphatic heterocycles. The molecule has 1 amide bonds. The fourth-order valence-electron chi connectivity index (χ4n) is 2.70. The van der Waals surface area contributed by atoms with E-state index in [1.54, 1.807) is 6.92 Å². The Balaban J connectivity index is 2.25. The zero-order valence-electron chi connectivity index (χ0n) is 12.2. The van der Waals surface area contributed by atoms with Crippen LogP contribution in [0.4, 0.5) is 10.1 Å². The van der Waals surface area contributed by atoms with Gasteiger partial charge in [0.05, 0.1) is 0 Å². The molecule has 1 saturated heterocycles. The first-order chi connectivity index (χ1) is 9.38. The number of amides is 1. The standard InChI is InChI=1S/C15H22FN3O/c1-9-6-15(13(10(2)17)7-14(9)16)19-5-4-12(8-19)18-11(3)20/h6-7,10,12H,4-5,8,17H2,1-3H3,(H,18,20)/t10-,12?/m1/s1. The Bertz CT molecular complexity index is 516. The summed E-state index contributed by atoms with van der Waals surface area (Å²) in [7, 11) is 0. The van der Waals surface area contributed by atoms with Crippen LogP contribution in [0.5, 0.6) is 0 Å². The molecule has 2 atom stereocenters. The summed E-state index contributed by atoms with van der Waals surface area (Å²) < 4.78 is 13.7. The number of benzene rings is 1. The van der Waals surface area contributed by atoms with E-state index in [2.05, 4.69) is 10.2 Å². The monoisotopic (exact) mass is 279 g/mol. The van der Waals surface area contributed by atoms with Crippen molar-refractivity contribution in [1.82, 2.24) is 5.32 Å². The van der Waals surface area contributed by atoms with Gasteiger partial charge < -0.3 is 16.0 Å². The van der Waals surface area contributed by atoms with Crippen molar-refractivity contribution < 1.29 is 9.18 Å². The third kappa shape index (κ3) is 3.10. The van der Waals surface area contributed by atoms with Gasteiger partial charge in [-0.2, -0.15) is 0 Å². The van der Waals surface area contributed by atoms with Crippen LogP contribution in [-0.2, 0) is 4.79 Å². The van der Waals surface area contributed by atoms with Gasteiger partial charge >= 0.3 is 0 Å². The normalized spacial score (nSPS) is 20.1. The molecule has 1 heterocycles. The number of aryl methyl sites for hydroxylation is 1. The van der Waals surface area contributed by atoms with Crippen LogP contribution in [0, 0.1) is 12.7 Å². The van der Waals surface area contributed by atoms with Gasteiger partial charge in [0.25, 0.3) is 0 Å². The van der Waals surface area contributed by atoms with Gasteiger partial charge in [-0.15, -0.1) is 0 Å². The lowest BCUT2D eigenvalue weighted by Gasteiger charge is -2.24. The molecule has 1 aromatic rings. The maximum absolute atomic E-state index is 13.7. The lowest BCUT2D eigenvalue weighted by Crippen LogP contribution is -2.35. The van der Waals surface area contributed by atoms with Gasteiger partial charge in [0.15, 0.2) is 0 Å². The summed E-state index contributed by atoms with van der Waals surface area (Å²) in [6.07, 6.45) is 0.897. The summed E-state index contributed by atoms with van der Waals surface area (Å²) in [6.45, 7) is 6.72. The molecule has 110 valence electrons. The zero-order valence-corrected chi connectivity index (χ0v) is 12.2. The van der Waals surface area contributed by atoms with Crippen molar-refractivity contribution in [3.8, 4) is 0 Å². The van der Waals surface area contributed by atoms with Crippen molar-refractivity contribution in [3.05, 3.63) is 29.1 Å². The summed E-state index contributed by atoms with van der Waals surface area (Å²) in [4.78, 5) is 13.3. The van der Waals surface area contributed by atoms with E-state index in [1.807, 2.05) is 13.0 Å². The molecule has 3 N–H and O–H groups in total. The summed E-state index contributed by atoms with van der Waals surface area (Å²) in [5.74, 6) is -0.238. The van der Waals surface area contributed by atoms with E-state index in [0.717, 1.165) is 30.8 Å². The largest absolute Gasteiger partial charge is 0.369 e. The first-order valence-corrected chi connectivity index (χ1v) is 6.96. The Kier molecular flexibility index (Phi) is 4.28. The third-order valence-corrected chi connectivity index (χ3v) is 3.73. The molecule has 0 aliphatic carbocycles. The Morgan fingerprint density at radius 3 is 2.85 bits per heavy atom. The third-order valence-electron chi connectivity index (χ3n) is 3.73. The number of carbonyl (C=O) groups is 1. The van der Waals surface area contributed by atoms with Crippen LogP contribution in [0.1, 0.15) is 37.4 Å². The van der Waals surface area contributed by atoms with Crippen molar-refractivity contribution in [2.24, 2.45) is 5.73 Å². The molecule has 0 radical (unpaired) electrons. The summed E-state index contributed by atoms with van der Waals surface area (Å²) in [5, 5.41) is 2.93. The minimum Gasteiger partial charge on any atom is -0.369 e. The average molecular weight is 279 g/mol. The number of anilines is 1. The fourth-order valence-corrected chi connectivity index (χ4v) is 2.70. The summed E-state index contributed by atoms with van der Waals surface area (Å²) >= 11 is 0. The maximum Gasteiger partial charge on any atom is 0.217 e.